The molecule has 0 spiro atoms. The number of para-hydroxylation sites is 1. The summed E-state index contributed by atoms with van der Waals surface area (Å²) in [4.78, 5) is 22.1. The van der Waals surface area contributed by atoms with E-state index in [0.717, 1.165) is 41.2 Å². The number of carbonyl (C=O) groups is 1. The lowest BCUT2D eigenvalue weighted by molar-refractivity contribution is -0.120. The summed E-state index contributed by atoms with van der Waals surface area (Å²) in [7, 11) is 1.66. The Kier molecular flexibility index (Phi) is 4.62. The summed E-state index contributed by atoms with van der Waals surface area (Å²) in [5, 5.41) is 0. The molecule has 5 rings (SSSR count). The van der Waals surface area contributed by atoms with Crippen molar-refractivity contribution in [1.29, 1.82) is 0 Å². The fraction of sp³-hybridized carbons (Fsp3) is 0.292. The van der Waals surface area contributed by atoms with E-state index in [-0.39, 0.29) is 19.0 Å². The maximum absolute atomic E-state index is 13.1. The molecule has 30 heavy (non-hydrogen) atoms. The first kappa shape index (κ1) is 18.6. The van der Waals surface area contributed by atoms with Crippen LogP contribution in [0.3, 0.4) is 0 Å². The minimum absolute atomic E-state index is 0.174. The minimum atomic E-state index is -0.432. The van der Waals surface area contributed by atoms with Crippen LogP contribution in [0.5, 0.6) is 17.2 Å². The zero-order valence-electron chi connectivity index (χ0n) is 16.8. The molecule has 1 aliphatic heterocycles. The largest absolute Gasteiger partial charge is 0.496 e. The first-order valence-corrected chi connectivity index (χ1v) is 10.0. The summed E-state index contributed by atoms with van der Waals surface area (Å²) >= 11 is 0. The van der Waals surface area contributed by atoms with Crippen LogP contribution < -0.4 is 14.2 Å². The van der Waals surface area contributed by atoms with Gasteiger partial charge in [-0.05, 0) is 36.6 Å². The molecule has 6 nitrogen and oxygen atoms in total. The quantitative estimate of drug-likeness (QED) is 0.601. The van der Waals surface area contributed by atoms with Gasteiger partial charge < -0.3 is 14.2 Å². The van der Waals surface area contributed by atoms with Gasteiger partial charge in [0.25, 0.3) is 0 Å². The Morgan fingerprint density at radius 3 is 2.57 bits per heavy atom. The number of rotatable bonds is 7. The highest BCUT2D eigenvalue weighted by atomic mass is 16.7. The average Bonchev–Trinajstić information content (AvgIpc) is 3.46. The van der Waals surface area contributed by atoms with Gasteiger partial charge in [-0.15, -0.1) is 0 Å². The molecule has 2 heterocycles. The van der Waals surface area contributed by atoms with Crippen LogP contribution in [-0.4, -0.2) is 29.7 Å². The third kappa shape index (κ3) is 3.38. The molecule has 0 atom stereocenters. The second-order valence-electron chi connectivity index (χ2n) is 7.74. The maximum Gasteiger partial charge on any atom is 0.231 e. The molecule has 152 valence electrons. The van der Waals surface area contributed by atoms with Crippen LogP contribution in [0.4, 0.5) is 0 Å². The number of nitrogens with zero attached hydrogens (tertiary/aromatic N) is 2. The standard InChI is InChI=1S/C24H22N2O4/c1-28-20-5-3-2-4-16(20)10-18-13-26-19(14-25-18)12-23(27)24(8-9-24)17-6-7-21-22(11-17)30-15-29-21/h2-7,11,13-14H,8-10,12,15H2,1H3. The van der Waals surface area contributed by atoms with Gasteiger partial charge in [-0.25, -0.2) is 0 Å². The lowest BCUT2D eigenvalue weighted by Gasteiger charge is -2.15. The molecule has 1 aromatic heterocycles. The summed E-state index contributed by atoms with van der Waals surface area (Å²) in [6, 6.07) is 13.7. The molecule has 2 aliphatic rings. The summed E-state index contributed by atoms with van der Waals surface area (Å²) in [6.07, 6.45) is 6.06. The second kappa shape index (κ2) is 7.44. The third-order valence-electron chi connectivity index (χ3n) is 5.87. The van der Waals surface area contributed by atoms with E-state index in [0.29, 0.717) is 17.9 Å². The Labute approximate surface area is 174 Å². The molecule has 0 N–H and O–H groups in total. The fourth-order valence-corrected chi connectivity index (χ4v) is 3.99. The second-order valence-corrected chi connectivity index (χ2v) is 7.74. The van der Waals surface area contributed by atoms with Gasteiger partial charge in [0.2, 0.25) is 6.79 Å². The molecule has 3 aromatic rings. The van der Waals surface area contributed by atoms with Gasteiger partial charge in [-0.1, -0.05) is 24.3 Å². The maximum atomic E-state index is 13.1. The molecule has 0 saturated heterocycles. The topological polar surface area (TPSA) is 70.5 Å². The number of hydrogen-bond acceptors (Lipinski definition) is 6. The smallest absolute Gasteiger partial charge is 0.231 e. The van der Waals surface area contributed by atoms with Crippen molar-refractivity contribution in [1.82, 2.24) is 9.97 Å². The zero-order valence-corrected chi connectivity index (χ0v) is 16.8. The zero-order chi connectivity index (χ0) is 20.6. The van der Waals surface area contributed by atoms with Crippen LogP contribution in [0.25, 0.3) is 0 Å². The van der Waals surface area contributed by atoms with Gasteiger partial charge in [0.15, 0.2) is 11.5 Å². The van der Waals surface area contributed by atoms with Gasteiger partial charge >= 0.3 is 0 Å². The van der Waals surface area contributed by atoms with Crippen molar-refractivity contribution in [3.63, 3.8) is 0 Å². The van der Waals surface area contributed by atoms with Gasteiger partial charge in [0.05, 0.1) is 30.3 Å². The Hall–Kier alpha value is -3.41. The highest BCUT2D eigenvalue weighted by Gasteiger charge is 2.51. The van der Waals surface area contributed by atoms with Crippen LogP contribution in [0.15, 0.2) is 54.9 Å². The van der Waals surface area contributed by atoms with E-state index in [1.54, 1.807) is 19.5 Å². The van der Waals surface area contributed by atoms with Crippen molar-refractivity contribution >= 4 is 5.78 Å². The van der Waals surface area contributed by atoms with Crippen LogP contribution in [-0.2, 0) is 23.1 Å². The monoisotopic (exact) mass is 402 g/mol. The number of ketones is 1. The SMILES string of the molecule is COc1ccccc1Cc1cnc(CC(=O)C2(c3ccc4c(c3)OCO4)CC2)cn1. The molecule has 6 heteroatoms. The normalized spacial score (nSPS) is 15.6. The summed E-state index contributed by atoms with van der Waals surface area (Å²) in [5.41, 5.74) is 3.15. The first-order valence-electron chi connectivity index (χ1n) is 10.0. The van der Waals surface area contributed by atoms with E-state index < -0.39 is 5.41 Å². The number of Topliss-reactive ketones (excluding diaryl/α,β-unsaturated/α-hetero) is 1. The average molecular weight is 402 g/mol. The number of ether oxygens (including phenoxy) is 3. The van der Waals surface area contributed by atoms with Crippen molar-refractivity contribution in [2.45, 2.75) is 31.1 Å². The lowest BCUT2D eigenvalue weighted by atomic mass is 9.89. The molecule has 1 fully saturated rings. The fourth-order valence-electron chi connectivity index (χ4n) is 3.99. The Morgan fingerprint density at radius 1 is 1.03 bits per heavy atom. The molecular weight excluding hydrogens is 380 g/mol. The summed E-state index contributed by atoms with van der Waals surface area (Å²) in [5.74, 6) is 2.46. The van der Waals surface area contributed by atoms with Crippen LogP contribution in [0, 0.1) is 0 Å². The highest BCUT2D eigenvalue weighted by Crippen LogP contribution is 2.51. The Bertz CT molecular complexity index is 1090. The van der Waals surface area contributed by atoms with Gasteiger partial charge in [0.1, 0.15) is 11.5 Å². The number of fused-ring (bicyclic) bond motifs is 1. The Balaban J connectivity index is 1.28. The summed E-state index contributed by atoms with van der Waals surface area (Å²) < 4.78 is 16.2. The predicted octanol–water partition coefficient (Wildman–Crippen LogP) is 3.65. The van der Waals surface area contributed by atoms with E-state index in [2.05, 4.69) is 9.97 Å². The minimum Gasteiger partial charge on any atom is -0.496 e. The molecular formula is C24H22N2O4. The van der Waals surface area contributed by atoms with Crippen molar-refractivity contribution in [3.8, 4) is 17.2 Å². The van der Waals surface area contributed by atoms with Gasteiger partial charge in [-0.2, -0.15) is 0 Å². The van der Waals surface area contributed by atoms with E-state index >= 15 is 0 Å². The molecule has 1 aliphatic carbocycles. The van der Waals surface area contributed by atoms with Crippen molar-refractivity contribution in [3.05, 3.63) is 77.4 Å². The molecule has 0 amide bonds. The number of hydrogen-bond donors (Lipinski definition) is 0. The molecule has 1 saturated carbocycles. The molecule has 0 bridgehead atoms. The van der Waals surface area contributed by atoms with Gasteiger partial charge in [0, 0.05) is 24.4 Å². The summed E-state index contributed by atoms with van der Waals surface area (Å²) in [6.45, 7) is 0.233. The van der Waals surface area contributed by atoms with Gasteiger partial charge in [-0.3, -0.25) is 14.8 Å². The van der Waals surface area contributed by atoms with Crippen molar-refractivity contribution in [2.75, 3.05) is 13.9 Å². The lowest BCUT2D eigenvalue weighted by Crippen LogP contribution is -2.23. The molecule has 0 radical (unpaired) electrons. The number of methoxy groups -OCH3 is 1. The number of benzene rings is 2. The predicted molar refractivity (Wildman–Crippen MR) is 110 cm³/mol. The number of carbonyl (C=O) groups excluding carboxylic acids is 1. The van der Waals surface area contributed by atoms with Crippen LogP contribution in [0.1, 0.15) is 35.4 Å². The van der Waals surface area contributed by atoms with Crippen LogP contribution in [0.2, 0.25) is 0 Å². The van der Waals surface area contributed by atoms with E-state index in [1.807, 2.05) is 42.5 Å². The molecule has 2 aromatic carbocycles. The number of aromatic nitrogens is 2. The first-order chi connectivity index (χ1) is 14.7. The Morgan fingerprint density at radius 2 is 1.80 bits per heavy atom. The highest BCUT2D eigenvalue weighted by molar-refractivity contribution is 5.94. The van der Waals surface area contributed by atoms with Crippen LogP contribution >= 0.6 is 0 Å². The van der Waals surface area contributed by atoms with Crippen molar-refractivity contribution in [2.24, 2.45) is 0 Å². The third-order valence-corrected chi connectivity index (χ3v) is 5.87. The van der Waals surface area contributed by atoms with E-state index in [4.69, 9.17) is 14.2 Å². The molecule has 0 unspecified atom stereocenters. The van der Waals surface area contributed by atoms with Crippen molar-refractivity contribution < 1.29 is 19.0 Å². The van der Waals surface area contributed by atoms with E-state index in [1.165, 1.54) is 0 Å². The van der Waals surface area contributed by atoms with E-state index in [9.17, 15) is 4.79 Å².